The maximum absolute atomic E-state index is 13.3. The van der Waals surface area contributed by atoms with Crippen molar-refractivity contribution in [1.29, 1.82) is 0 Å². The fraction of sp³-hybridized carbons (Fsp3) is 0.161. The molecule has 2 aromatic heterocycles. The Kier molecular flexibility index (Phi) is 7.15. The van der Waals surface area contributed by atoms with Crippen molar-refractivity contribution in [2.45, 2.75) is 33.2 Å². The number of carbonyl (C=O) groups is 3. The van der Waals surface area contributed by atoms with Crippen LogP contribution in [-0.2, 0) is 4.79 Å². The number of aryl methyl sites for hydroxylation is 2. The van der Waals surface area contributed by atoms with Crippen LogP contribution in [0, 0.1) is 19.7 Å². The van der Waals surface area contributed by atoms with E-state index in [4.69, 9.17) is 8.94 Å². The van der Waals surface area contributed by atoms with Gasteiger partial charge in [0.05, 0.1) is 5.56 Å². The topological polar surface area (TPSA) is 126 Å². The van der Waals surface area contributed by atoms with Crippen molar-refractivity contribution in [3.05, 3.63) is 101 Å². The quantitative estimate of drug-likeness (QED) is 0.219. The van der Waals surface area contributed by atoms with Crippen molar-refractivity contribution in [2.24, 2.45) is 0 Å². The number of benzene rings is 3. The molecule has 0 saturated carbocycles. The van der Waals surface area contributed by atoms with Crippen molar-refractivity contribution >= 4 is 40.2 Å². The summed E-state index contributed by atoms with van der Waals surface area (Å²) < 4.78 is 24.1. The summed E-state index contributed by atoms with van der Waals surface area (Å²) in [6.45, 7) is 6.58. The Morgan fingerprint density at radius 2 is 1.59 bits per heavy atom. The minimum atomic E-state index is -1.25. The molecule has 0 fully saturated rings. The second kappa shape index (κ2) is 10.7. The van der Waals surface area contributed by atoms with E-state index in [0.29, 0.717) is 39.3 Å². The first kappa shape index (κ1) is 27.3. The summed E-state index contributed by atoms with van der Waals surface area (Å²) in [6, 6.07) is 19.4. The van der Waals surface area contributed by atoms with E-state index in [0.717, 1.165) is 11.1 Å². The van der Waals surface area contributed by atoms with Crippen molar-refractivity contribution in [2.75, 3.05) is 10.6 Å². The smallest absolute Gasteiger partial charge is 0.259 e. The van der Waals surface area contributed by atoms with Crippen LogP contribution in [0.1, 0.15) is 46.1 Å². The Morgan fingerprint density at radius 1 is 0.854 bits per heavy atom. The molecule has 10 heteroatoms. The van der Waals surface area contributed by atoms with Gasteiger partial charge in [-0.15, -0.1) is 0 Å². The highest BCUT2D eigenvalue weighted by Crippen LogP contribution is 2.31. The first-order valence-electron chi connectivity index (χ1n) is 12.8. The van der Waals surface area contributed by atoms with Crippen LogP contribution in [0.15, 0.2) is 81.7 Å². The number of nitrogens with zero attached hydrogens (tertiary/aromatic N) is 1. The van der Waals surface area contributed by atoms with Gasteiger partial charge >= 0.3 is 0 Å². The summed E-state index contributed by atoms with van der Waals surface area (Å²) in [5, 5.41) is 12.5. The molecule has 0 aliphatic carbocycles. The van der Waals surface area contributed by atoms with E-state index >= 15 is 0 Å². The molecule has 0 bridgehead atoms. The van der Waals surface area contributed by atoms with Gasteiger partial charge in [0.25, 0.3) is 17.7 Å². The third-order valence-corrected chi connectivity index (χ3v) is 6.51. The Morgan fingerprint density at radius 3 is 2.29 bits per heavy atom. The van der Waals surface area contributed by atoms with Gasteiger partial charge in [-0.3, -0.25) is 14.4 Å². The van der Waals surface area contributed by atoms with E-state index in [1.165, 1.54) is 24.3 Å². The van der Waals surface area contributed by atoms with Gasteiger partial charge in [0.2, 0.25) is 0 Å². The maximum Gasteiger partial charge on any atom is 0.259 e. The second-order valence-corrected chi connectivity index (χ2v) is 10.1. The van der Waals surface area contributed by atoms with Gasteiger partial charge < -0.3 is 24.9 Å². The molecule has 3 amide bonds. The Bertz CT molecular complexity index is 1790. The summed E-state index contributed by atoms with van der Waals surface area (Å²) in [7, 11) is 0. The van der Waals surface area contributed by atoms with E-state index in [-0.39, 0.29) is 11.7 Å². The third kappa shape index (κ3) is 5.86. The summed E-state index contributed by atoms with van der Waals surface area (Å²) >= 11 is 0. The highest BCUT2D eigenvalue weighted by molar-refractivity contribution is 6.14. The largest absolute Gasteiger partial charge is 0.461 e. The van der Waals surface area contributed by atoms with Crippen LogP contribution in [0.2, 0.25) is 0 Å². The van der Waals surface area contributed by atoms with Crippen LogP contribution in [-0.4, -0.2) is 28.4 Å². The fourth-order valence-electron chi connectivity index (χ4n) is 4.36. The Balaban J connectivity index is 1.37. The lowest BCUT2D eigenvalue weighted by Gasteiger charge is -2.24. The van der Waals surface area contributed by atoms with Gasteiger partial charge in [0.1, 0.15) is 28.5 Å². The number of fused-ring (bicyclic) bond motifs is 1. The zero-order valence-corrected chi connectivity index (χ0v) is 22.8. The number of halogens is 1. The normalized spacial score (nSPS) is 11.3. The predicted octanol–water partition coefficient (Wildman–Crippen LogP) is 6.24. The molecule has 0 spiro atoms. The highest BCUT2D eigenvalue weighted by Gasteiger charge is 2.30. The van der Waals surface area contributed by atoms with Crippen LogP contribution in [0.25, 0.3) is 22.1 Å². The van der Waals surface area contributed by atoms with E-state index < -0.39 is 23.2 Å². The molecule has 3 N–H and O–H groups in total. The molecular formula is C31H27FN4O5. The molecule has 208 valence electrons. The summed E-state index contributed by atoms with van der Waals surface area (Å²) in [5.74, 6) is -0.450. The number of hydrogen-bond acceptors (Lipinski definition) is 6. The number of rotatable bonds is 7. The monoisotopic (exact) mass is 554 g/mol. The lowest BCUT2D eigenvalue weighted by atomic mass is 9.99. The van der Waals surface area contributed by atoms with Crippen LogP contribution < -0.4 is 16.0 Å². The molecule has 0 aliphatic rings. The zero-order chi connectivity index (χ0) is 29.3. The predicted molar refractivity (Wildman–Crippen MR) is 152 cm³/mol. The van der Waals surface area contributed by atoms with E-state index in [9.17, 15) is 18.8 Å². The molecule has 0 saturated heterocycles. The van der Waals surface area contributed by atoms with Gasteiger partial charge in [0, 0.05) is 22.7 Å². The average molecular weight is 555 g/mol. The lowest BCUT2D eigenvalue weighted by Crippen LogP contribution is -2.52. The van der Waals surface area contributed by atoms with Gasteiger partial charge in [-0.1, -0.05) is 23.4 Å². The highest BCUT2D eigenvalue weighted by atomic mass is 19.1. The number of amides is 3. The van der Waals surface area contributed by atoms with Gasteiger partial charge in [-0.25, -0.2) is 4.39 Å². The Labute approximate surface area is 234 Å². The molecule has 0 aliphatic heterocycles. The minimum absolute atomic E-state index is 0.257. The van der Waals surface area contributed by atoms with Crippen molar-refractivity contribution < 1.29 is 27.7 Å². The lowest BCUT2D eigenvalue weighted by molar-refractivity contribution is -0.121. The number of anilines is 2. The van der Waals surface area contributed by atoms with Gasteiger partial charge in [0.15, 0.2) is 5.82 Å². The molecule has 0 unspecified atom stereocenters. The number of furan rings is 1. The van der Waals surface area contributed by atoms with Gasteiger partial charge in [-0.2, -0.15) is 0 Å². The molecule has 5 aromatic rings. The van der Waals surface area contributed by atoms with Crippen LogP contribution in [0.5, 0.6) is 0 Å². The Hall–Kier alpha value is -5.25. The van der Waals surface area contributed by atoms with E-state index in [1.807, 2.05) is 18.2 Å². The summed E-state index contributed by atoms with van der Waals surface area (Å²) in [4.78, 5) is 39.0. The number of aromatic nitrogens is 1. The molecule has 3 aromatic carbocycles. The molecule has 0 radical (unpaired) electrons. The molecule has 9 nitrogen and oxygen atoms in total. The van der Waals surface area contributed by atoms with Crippen LogP contribution >= 0.6 is 0 Å². The van der Waals surface area contributed by atoms with E-state index in [2.05, 4.69) is 21.1 Å². The van der Waals surface area contributed by atoms with Gasteiger partial charge in [-0.05, 0) is 87.4 Å². The molecule has 5 rings (SSSR count). The molecule has 2 heterocycles. The fourth-order valence-corrected chi connectivity index (χ4v) is 4.36. The van der Waals surface area contributed by atoms with Crippen molar-refractivity contribution in [3.8, 4) is 11.1 Å². The summed E-state index contributed by atoms with van der Waals surface area (Å²) in [5.41, 5.74) is 1.91. The third-order valence-electron chi connectivity index (χ3n) is 6.51. The average Bonchev–Trinajstić information content (AvgIpc) is 3.50. The molecular weight excluding hydrogens is 527 g/mol. The SMILES string of the molecule is Cc1cc(NC(=O)C(C)(C)NC(=O)c2cccc(-c3ccc4oc(C)c(C(=O)Nc5ccc(F)cc5)c4c3)c2)no1. The number of hydrogen-bond donors (Lipinski definition) is 3. The maximum atomic E-state index is 13.3. The first-order chi connectivity index (χ1) is 19.5. The standard InChI is InChI=1S/C31H27FN4O5/c1-17-14-26(36-41-17)34-30(39)31(3,4)35-28(37)21-7-5-6-19(15-21)20-8-13-25-24(16-20)27(18(2)40-25)29(38)33-23-11-9-22(32)10-12-23/h5-16H,1-4H3,(H,33,38)(H,35,37)(H,34,36,39). The van der Waals surface area contributed by atoms with E-state index in [1.54, 1.807) is 58.0 Å². The molecule has 0 atom stereocenters. The summed E-state index contributed by atoms with van der Waals surface area (Å²) in [6.07, 6.45) is 0. The first-order valence-corrected chi connectivity index (χ1v) is 12.8. The van der Waals surface area contributed by atoms with Crippen molar-refractivity contribution in [1.82, 2.24) is 10.5 Å². The zero-order valence-electron chi connectivity index (χ0n) is 22.8. The number of carbonyl (C=O) groups excluding carboxylic acids is 3. The molecule has 41 heavy (non-hydrogen) atoms. The van der Waals surface area contributed by atoms with Crippen molar-refractivity contribution in [3.63, 3.8) is 0 Å². The number of nitrogens with one attached hydrogen (secondary N) is 3. The van der Waals surface area contributed by atoms with Crippen LogP contribution in [0.3, 0.4) is 0 Å². The van der Waals surface area contributed by atoms with Crippen LogP contribution in [0.4, 0.5) is 15.9 Å². The minimum Gasteiger partial charge on any atom is -0.461 e. The second-order valence-electron chi connectivity index (χ2n) is 10.1.